The largest absolute Gasteiger partial charge is 0.370 e. The molecule has 0 aliphatic heterocycles. The van der Waals surface area contributed by atoms with Crippen LogP contribution in [0.1, 0.15) is 24.5 Å². The lowest BCUT2D eigenvalue weighted by atomic mass is 10.1. The predicted molar refractivity (Wildman–Crippen MR) is 79.3 cm³/mol. The predicted octanol–water partition coefficient (Wildman–Crippen LogP) is 2.78. The topological polar surface area (TPSA) is 73.6 Å². The fourth-order valence-corrected chi connectivity index (χ4v) is 1.69. The Kier molecular flexibility index (Phi) is 4.90. The number of aromatic nitrogens is 2. The van der Waals surface area contributed by atoms with E-state index in [-0.39, 0.29) is 0 Å². The van der Waals surface area contributed by atoms with Crippen LogP contribution in [0.3, 0.4) is 0 Å². The number of rotatable bonds is 6. The molecule has 1 aromatic carbocycles. The van der Waals surface area contributed by atoms with Crippen LogP contribution >= 0.6 is 0 Å². The Morgan fingerprint density at radius 1 is 1.10 bits per heavy atom. The molecule has 20 heavy (non-hydrogen) atoms. The third-order valence-corrected chi connectivity index (χ3v) is 2.78. The standard InChI is InChI=1S/C15H17N5/c1-2-7-17-14-8-15(20-11-19-14)18-10-13-5-3-12(9-16)4-6-13/h3-6,8,11H,2,7,10H2,1H3,(H2,17,18,19,20). The van der Waals surface area contributed by atoms with E-state index in [9.17, 15) is 0 Å². The summed E-state index contributed by atoms with van der Waals surface area (Å²) >= 11 is 0. The monoisotopic (exact) mass is 267 g/mol. The highest BCUT2D eigenvalue weighted by atomic mass is 15.1. The van der Waals surface area contributed by atoms with Crippen molar-refractivity contribution in [1.82, 2.24) is 9.97 Å². The molecule has 5 nitrogen and oxygen atoms in total. The Balaban J connectivity index is 1.94. The second-order valence-corrected chi connectivity index (χ2v) is 4.38. The molecule has 0 amide bonds. The van der Waals surface area contributed by atoms with Gasteiger partial charge in [-0.1, -0.05) is 19.1 Å². The quantitative estimate of drug-likeness (QED) is 0.842. The van der Waals surface area contributed by atoms with E-state index in [4.69, 9.17) is 5.26 Å². The van der Waals surface area contributed by atoms with Crippen molar-refractivity contribution in [3.63, 3.8) is 0 Å². The highest BCUT2D eigenvalue weighted by Crippen LogP contribution is 2.11. The minimum Gasteiger partial charge on any atom is -0.370 e. The van der Waals surface area contributed by atoms with Crippen molar-refractivity contribution in [2.24, 2.45) is 0 Å². The Labute approximate surface area is 118 Å². The molecule has 0 saturated heterocycles. The van der Waals surface area contributed by atoms with Gasteiger partial charge in [-0.05, 0) is 24.1 Å². The smallest absolute Gasteiger partial charge is 0.131 e. The Morgan fingerprint density at radius 3 is 2.45 bits per heavy atom. The molecule has 0 saturated carbocycles. The highest BCUT2D eigenvalue weighted by molar-refractivity contribution is 5.46. The van der Waals surface area contributed by atoms with Gasteiger partial charge in [0.2, 0.25) is 0 Å². The van der Waals surface area contributed by atoms with Gasteiger partial charge >= 0.3 is 0 Å². The first-order chi connectivity index (χ1) is 9.81. The fourth-order valence-electron chi connectivity index (χ4n) is 1.69. The second-order valence-electron chi connectivity index (χ2n) is 4.38. The summed E-state index contributed by atoms with van der Waals surface area (Å²) in [5.74, 6) is 1.60. The molecule has 0 atom stereocenters. The minimum atomic E-state index is 0.663. The van der Waals surface area contributed by atoms with Gasteiger partial charge in [0, 0.05) is 19.2 Å². The lowest BCUT2D eigenvalue weighted by molar-refractivity contribution is 0.963. The summed E-state index contributed by atoms with van der Waals surface area (Å²) in [7, 11) is 0. The number of nitriles is 1. The van der Waals surface area contributed by atoms with E-state index < -0.39 is 0 Å². The number of hydrogen-bond acceptors (Lipinski definition) is 5. The van der Waals surface area contributed by atoms with Crippen LogP contribution in [0, 0.1) is 11.3 Å². The van der Waals surface area contributed by atoms with Crippen LogP contribution in [0.25, 0.3) is 0 Å². The third kappa shape index (κ3) is 3.95. The van der Waals surface area contributed by atoms with Crippen LogP contribution in [-0.4, -0.2) is 16.5 Å². The van der Waals surface area contributed by atoms with Gasteiger partial charge in [-0.15, -0.1) is 0 Å². The normalized spacial score (nSPS) is 9.80. The van der Waals surface area contributed by atoms with E-state index in [0.717, 1.165) is 30.2 Å². The van der Waals surface area contributed by atoms with Crippen molar-refractivity contribution in [2.45, 2.75) is 19.9 Å². The van der Waals surface area contributed by atoms with Crippen LogP contribution in [0.5, 0.6) is 0 Å². The summed E-state index contributed by atoms with van der Waals surface area (Å²) < 4.78 is 0. The number of nitrogens with one attached hydrogen (secondary N) is 2. The number of anilines is 2. The summed E-state index contributed by atoms with van der Waals surface area (Å²) in [6, 6.07) is 11.5. The zero-order chi connectivity index (χ0) is 14.2. The van der Waals surface area contributed by atoms with E-state index in [2.05, 4.69) is 33.6 Å². The maximum atomic E-state index is 8.75. The molecule has 5 heteroatoms. The molecular formula is C15H17N5. The van der Waals surface area contributed by atoms with Gasteiger partial charge < -0.3 is 10.6 Å². The van der Waals surface area contributed by atoms with Gasteiger partial charge in [-0.3, -0.25) is 0 Å². The van der Waals surface area contributed by atoms with Crippen molar-refractivity contribution in [3.8, 4) is 6.07 Å². The fraction of sp³-hybridized carbons (Fsp3) is 0.267. The molecule has 0 fully saturated rings. The first-order valence-electron chi connectivity index (χ1n) is 6.60. The first kappa shape index (κ1) is 13.8. The number of hydrogen-bond donors (Lipinski definition) is 2. The molecule has 0 aliphatic rings. The summed E-state index contributed by atoms with van der Waals surface area (Å²) in [5, 5.41) is 15.2. The molecule has 2 rings (SSSR count). The van der Waals surface area contributed by atoms with Crippen LogP contribution in [0.2, 0.25) is 0 Å². The van der Waals surface area contributed by atoms with E-state index in [1.54, 1.807) is 6.33 Å². The summed E-state index contributed by atoms with van der Waals surface area (Å²) in [4.78, 5) is 8.34. The van der Waals surface area contributed by atoms with E-state index >= 15 is 0 Å². The summed E-state index contributed by atoms with van der Waals surface area (Å²) in [6.07, 6.45) is 2.59. The average Bonchev–Trinajstić information content (AvgIpc) is 2.52. The van der Waals surface area contributed by atoms with Crippen molar-refractivity contribution < 1.29 is 0 Å². The third-order valence-electron chi connectivity index (χ3n) is 2.78. The van der Waals surface area contributed by atoms with Crippen molar-refractivity contribution >= 4 is 11.6 Å². The van der Waals surface area contributed by atoms with E-state index in [1.165, 1.54) is 0 Å². The molecule has 0 unspecified atom stereocenters. The van der Waals surface area contributed by atoms with Crippen molar-refractivity contribution in [3.05, 3.63) is 47.8 Å². The molecule has 1 aromatic heterocycles. The van der Waals surface area contributed by atoms with Crippen LogP contribution in [0.15, 0.2) is 36.7 Å². The number of benzene rings is 1. The van der Waals surface area contributed by atoms with Crippen molar-refractivity contribution in [1.29, 1.82) is 5.26 Å². The SMILES string of the molecule is CCCNc1cc(NCc2ccc(C#N)cc2)ncn1. The maximum absolute atomic E-state index is 8.75. The maximum Gasteiger partial charge on any atom is 0.131 e. The zero-order valence-corrected chi connectivity index (χ0v) is 11.4. The Morgan fingerprint density at radius 2 is 1.80 bits per heavy atom. The van der Waals surface area contributed by atoms with Gasteiger partial charge in [-0.2, -0.15) is 5.26 Å². The lowest BCUT2D eigenvalue weighted by Gasteiger charge is -2.08. The van der Waals surface area contributed by atoms with Crippen LogP contribution < -0.4 is 10.6 Å². The average molecular weight is 267 g/mol. The summed E-state index contributed by atoms with van der Waals surface area (Å²) in [6.45, 7) is 3.67. The molecule has 1 heterocycles. The lowest BCUT2D eigenvalue weighted by Crippen LogP contribution is -2.05. The Bertz CT molecular complexity index is 586. The van der Waals surface area contributed by atoms with Crippen molar-refractivity contribution in [2.75, 3.05) is 17.2 Å². The molecule has 102 valence electrons. The summed E-state index contributed by atoms with van der Waals surface area (Å²) in [5.41, 5.74) is 1.77. The molecule has 0 aliphatic carbocycles. The molecular weight excluding hydrogens is 250 g/mol. The number of nitrogens with zero attached hydrogens (tertiary/aromatic N) is 3. The van der Waals surface area contributed by atoms with Gasteiger partial charge in [0.15, 0.2) is 0 Å². The van der Waals surface area contributed by atoms with Gasteiger partial charge in [0.05, 0.1) is 11.6 Å². The van der Waals surface area contributed by atoms with E-state index in [0.29, 0.717) is 12.1 Å². The van der Waals surface area contributed by atoms with Crippen LogP contribution in [0.4, 0.5) is 11.6 Å². The molecule has 0 spiro atoms. The molecule has 2 aromatic rings. The van der Waals surface area contributed by atoms with Crippen LogP contribution in [-0.2, 0) is 6.54 Å². The van der Waals surface area contributed by atoms with Gasteiger partial charge in [-0.25, -0.2) is 9.97 Å². The Hall–Kier alpha value is -2.61. The second kappa shape index (κ2) is 7.10. The highest BCUT2D eigenvalue weighted by Gasteiger charge is 1.99. The molecule has 0 bridgehead atoms. The van der Waals surface area contributed by atoms with Gasteiger partial charge in [0.1, 0.15) is 18.0 Å². The molecule has 0 radical (unpaired) electrons. The molecule has 2 N–H and O–H groups in total. The van der Waals surface area contributed by atoms with Gasteiger partial charge in [0.25, 0.3) is 0 Å². The first-order valence-corrected chi connectivity index (χ1v) is 6.60. The zero-order valence-electron chi connectivity index (χ0n) is 11.4. The minimum absolute atomic E-state index is 0.663. The van der Waals surface area contributed by atoms with E-state index in [1.807, 2.05) is 30.3 Å².